The van der Waals surface area contributed by atoms with Crippen molar-refractivity contribution >= 4 is 23.2 Å². The molecule has 7 heteroatoms. The van der Waals surface area contributed by atoms with Gasteiger partial charge >= 0.3 is 0 Å². The third kappa shape index (κ3) is 2.08. The van der Waals surface area contributed by atoms with Crippen LogP contribution < -0.4 is 21.9 Å². The second-order valence-electron chi connectivity index (χ2n) is 4.31. The lowest BCUT2D eigenvalue weighted by molar-refractivity contribution is -0.122. The number of hydrogen-bond donors (Lipinski definition) is 4. The molecule has 17 heavy (non-hydrogen) atoms. The number of carbonyl (C=O) groups excluding carboxylic acids is 1. The highest BCUT2D eigenvalue weighted by Gasteiger charge is 2.27. The molecule has 0 bridgehead atoms. The first kappa shape index (κ1) is 11.4. The minimum Gasteiger partial charge on any atom is -0.369 e. The van der Waals surface area contributed by atoms with E-state index in [1.807, 2.05) is 13.8 Å². The molecule has 2 rings (SSSR count). The van der Waals surface area contributed by atoms with Crippen molar-refractivity contribution in [3.8, 4) is 0 Å². The van der Waals surface area contributed by atoms with Crippen LogP contribution in [0, 0.1) is 5.92 Å². The zero-order valence-corrected chi connectivity index (χ0v) is 9.70. The number of aromatic amines is 1. The Kier molecular flexibility index (Phi) is 2.74. The van der Waals surface area contributed by atoms with Gasteiger partial charge in [-0.3, -0.25) is 14.6 Å². The molecular weight excluding hydrogens is 222 g/mol. The van der Waals surface area contributed by atoms with Crippen molar-refractivity contribution in [3.05, 3.63) is 10.4 Å². The van der Waals surface area contributed by atoms with Crippen molar-refractivity contribution in [1.82, 2.24) is 9.97 Å². The molecule has 1 aliphatic rings. The Morgan fingerprint density at radius 1 is 1.53 bits per heavy atom. The molecule has 1 aromatic heterocycles. The number of ketones is 1. The number of rotatable bonds is 2. The Balaban J connectivity index is 2.31. The number of nitrogen functional groups attached to an aromatic ring is 1. The van der Waals surface area contributed by atoms with Crippen LogP contribution >= 0.6 is 0 Å². The zero-order chi connectivity index (χ0) is 12.6. The molecule has 0 saturated heterocycles. The summed E-state index contributed by atoms with van der Waals surface area (Å²) >= 11 is 0. The van der Waals surface area contributed by atoms with Gasteiger partial charge in [-0.15, -0.1) is 0 Å². The van der Waals surface area contributed by atoms with Crippen LogP contribution in [0.5, 0.6) is 0 Å². The van der Waals surface area contributed by atoms with E-state index in [4.69, 9.17) is 5.73 Å². The number of hydrogen-bond acceptors (Lipinski definition) is 6. The minimum absolute atomic E-state index is 0.0525. The van der Waals surface area contributed by atoms with E-state index in [-0.39, 0.29) is 28.9 Å². The fourth-order valence-electron chi connectivity index (χ4n) is 1.75. The van der Waals surface area contributed by atoms with Gasteiger partial charge in [-0.2, -0.15) is 4.98 Å². The third-order valence-electron chi connectivity index (χ3n) is 2.64. The Morgan fingerprint density at radius 2 is 2.24 bits per heavy atom. The van der Waals surface area contributed by atoms with Crippen LogP contribution in [0.25, 0.3) is 0 Å². The molecule has 0 amide bonds. The van der Waals surface area contributed by atoms with Crippen LogP contribution in [0.3, 0.4) is 0 Å². The zero-order valence-electron chi connectivity index (χ0n) is 9.70. The molecular formula is C10H15N5O2. The average Bonchev–Trinajstić information content (AvgIpc) is 2.27. The maximum absolute atomic E-state index is 11.8. The van der Waals surface area contributed by atoms with Crippen molar-refractivity contribution in [2.75, 3.05) is 22.9 Å². The predicted molar refractivity (Wildman–Crippen MR) is 65.0 cm³/mol. The largest absolute Gasteiger partial charge is 0.369 e. The van der Waals surface area contributed by atoms with Gasteiger partial charge in [-0.1, -0.05) is 13.8 Å². The standard InChI is InChI=1S/C10H15N5O2/c1-4(2)7(16)5-3-12-8-6(13-5)9(17)15-10(11)14-8/h4-5,13H,3H2,1-2H3,(H4,11,12,14,15,17). The molecule has 0 spiro atoms. The van der Waals surface area contributed by atoms with Gasteiger partial charge in [0.15, 0.2) is 11.6 Å². The topological polar surface area (TPSA) is 113 Å². The molecule has 2 heterocycles. The predicted octanol–water partition coefficient (Wildman–Crippen LogP) is -0.217. The number of H-pyrrole nitrogens is 1. The van der Waals surface area contributed by atoms with E-state index in [1.54, 1.807) is 0 Å². The van der Waals surface area contributed by atoms with Crippen molar-refractivity contribution in [3.63, 3.8) is 0 Å². The Labute approximate surface area is 97.8 Å². The third-order valence-corrected chi connectivity index (χ3v) is 2.64. The molecule has 0 saturated carbocycles. The summed E-state index contributed by atoms with van der Waals surface area (Å²) in [6, 6.07) is -0.408. The lowest BCUT2D eigenvalue weighted by Crippen LogP contribution is -2.44. The summed E-state index contributed by atoms with van der Waals surface area (Å²) in [5, 5.41) is 5.84. The molecule has 1 aromatic rings. The number of carbonyl (C=O) groups is 1. The van der Waals surface area contributed by atoms with E-state index in [9.17, 15) is 9.59 Å². The highest BCUT2D eigenvalue weighted by molar-refractivity contribution is 5.90. The molecule has 0 radical (unpaired) electrons. The number of Topliss-reactive ketones (excluding diaryl/α,β-unsaturated/α-hetero) is 1. The molecule has 0 aromatic carbocycles. The first-order chi connectivity index (χ1) is 7.99. The minimum atomic E-state index is -0.408. The van der Waals surface area contributed by atoms with Crippen LogP contribution in [-0.4, -0.2) is 28.3 Å². The quantitative estimate of drug-likeness (QED) is 0.565. The van der Waals surface area contributed by atoms with Crippen LogP contribution in [0.1, 0.15) is 13.8 Å². The number of nitrogens with one attached hydrogen (secondary N) is 3. The van der Waals surface area contributed by atoms with Crippen LogP contribution in [0.4, 0.5) is 17.5 Å². The van der Waals surface area contributed by atoms with E-state index in [0.29, 0.717) is 12.4 Å². The smallest absolute Gasteiger partial charge is 0.277 e. The molecule has 0 fully saturated rings. The van der Waals surface area contributed by atoms with Gasteiger partial charge in [0.25, 0.3) is 5.56 Å². The molecule has 1 atom stereocenters. The summed E-state index contributed by atoms with van der Waals surface area (Å²) in [6.07, 6.45) is 0. The fraction of sp³-hybridized carbons (Fsp3) is 0.500. The summed E-state index contributed by atoms with van der Waals surface area (Å²) in [5.74, 6) is 0.409. The first-order valence-corrected chi connectivity index (χ1v) is 5.43. The number of aromatic nitrogens is 2. The van der Waals surface area contributed by atoms with Crippen molar-refractivity contribution in [1.29, 1.82) is 0 Å². The molecule has 7 nitrogen and oxygen atoms in total. The molecule has 5 N–H and O–H groups in total. The van der Waals surface area contributed by atoms with Gasteiger partial charge in [0.1, 0.15) is 11.7 Å². The van der Waals surface area contributed by atoms with Crippen LogP contribution in [-0.2, 0) is 4.79 Å². The summed E-state index contributed by atoms with van der Waals surface area (Å²) in [4.78, 5) is 29.8. The van der Waals surface area contributed by atoms with Gasteiger partial charge in [-0.25, -0.2) is 0 Å². The van der Waals surface area contributed by atoms with Gasteiger partial charge in [0, 0.05) is 12.5 Å². The lowest BCUT2D eigenvalue weighted by atomic mass is 10.0. The number of nitrogens with two attached hydrogens (primary N) is 1. The summed E-state index contributed by atoms with van der Waals surface area (Å²) < 4.78 is 0. The van der Waals surface area contributed by atoms with Gasteiger partial charge in [0.2, 0.25) is 5.95 Å². The number of fused-ring (bicyclic) bond motifs is 1. The number of anilines is 3. The fourth-order valence-corrected chi connectivity index (χ4v) is 1.75. The van der Waals surface area contributed by atoms with Crippen LogP contribution in [0.15, 0.2) is 4.79 Å². The van der Waals surface area contributed by atoms with E-state index < -0.39 is 6.04 Å². The van der Waals surface area contributed by atoms with Gasteiger partial charge in [0.05, 0.1) is 0 Å². The first-order valence-electron chi connectivity index (χ1n) is 5.43. The van der Waals surface area contributed by atoms with Crippen LogP contribution in [0.2, 0.25) is 0 Å². The maximum atomic E-state index is 11.8. The summed E-state index contributed by atoms with van der Waals surface area (Å²) in [5.41, 5.74) is 5.32. The second kappa shape index (κ2) is 4.08. The normalized spacial score (nSPS) is 18.2. The maximum Gasteiger partial charge on any atom is 0.277 e. The second-order valence-corrected chi connectivity index (χ2v) is 4.31. The van der Waals surface area contributed by atoms with Crippen molar-refractivity contribution < 1.29 is 4.79 Å². The lowest BCUT2D eigenvalue weighted by Gasteiger charge is -2.26. The highest BCUT2D eigenvalue weighted by atomic mass is 16.1. The van der Waals surface area contributed by atoms with E-state index in [2.05, 4.69) is 20.6 Å². The van der Waals surface area contributed by atoms with E-state index in [0.717, 1.165) is 0 Å². The van der Waals surface area contributed by atoms with Crippen molar-refractivity contribution in [2.45, 2.75) is 19.9 Å². The van der Waals surface area contributed by atoms with E-state index >= 15 is 0 Å². The average molecular weight is 237 g/mol. The highest BCUT2D eigenvalue weighted by Crippen LogP contribution is 2.20. The Morgan fingerprint density at radius 3 is 2.88 bits per heavy atom. The summed E-state index contributed by atoms with van der Waals surface area (Å²) in [7, 11) is 0. The summed E-state index contributed by atoms with van der Waals surface area (Å²) in [6.45, 7) is 4.05. The molecule has 1 aliphatic heterocycles. The monoisotopic (exact) mass is 237 g/mol. The Bertz CT molecular complexity index is 508. The van der Waals surface area contributed by atoms with Crippen molar-refractivity contribution in [2.24, 2.45) is 5.92 Å². The van der Waals surface area contributed by atoms with Gasteiger partial charge in [-0.05, 0) is 0 Å². The molecule has 1 unspecified atom stereocenters. The SMILES string of the molecule is CC(C)C(=O)C1CNc2nc(N)[nH]c(=O)c2N1. The van der Waals surface area contributed by atoms with Gasteiger partial charge < -0.3 is 16.4 Å². The van der Waals surface area contributed by atoms with E-state index in [1.165, 1.54) is 0 Å². The molecule has 92 valence electrons. The number of nitrogens with zero attached hydrogens (tertiary/aromatic N) is 1. The Hall–Kier alpha value is -2.05. The molecule has 0 aliphatic carbocycles.